The van der Waals surface area contributed by atoms with Crippen molar-refractivity contribution in [3.63, 3.8) is 0 Å². The van der Waals surface area contributed by atoms with Crippen LogP contribution in [-0.4, -0.2) is 11.3 Å². The Balaban J connectivity index is 3.25. The normalized spacial score (nSPS) is 11.4. The Labute approximate surface area is 78.9 Å². The summed E-state index contributed by atoms with van der Waals surface area (Å²) in [7, 11) is 0. The van der Waals surface area contributed by atoms with Gasteiger partial charge in [-0.05, 0) is 38.8 Å². The lowest BCUT2D eigenvalue weighted by Gasteiger charge is -2.07. The highest BCUT2D eigenvalue weighted by Crippen LogP contribution is 2.15. The van der Waals surface area contributed by atoms with Gasteiger partial charge >= 0.3 is 0 Å². The molecule has 0 aromatic carbocycles. The highest BCUT2D eigenvalue weighted by atomic mass is 15.1. The largest absolute Gasteiger partial charge is 0.303 e. The molecule has 0 bridgehead atoms. The average Bonchev–Trinajstić information content (AvgIpc) is 2.43. The zero-order valence-electron chi connectivity index (χ0n) is 8.12. The van der Waals surface area contributed by atoms with E-state index in [0.717, 1.165) is 17.2 Å². The monoisotopic (exact) mass is 174 g/mol. The van der Waals surface area contributed by atoms with Crippen molar-refractivity contribution in [1.29, 1.82) is 0 Å². The van der Waals surface area contributed by atoms with Crippen LogP contribution in [0.4, 0.5) is 0 Å². The summed E-state index contributed by atoms with van der Waals surface area (Å²) in [6, 6.07) is 4.11. The third kappa shape index (κ3) is 1.78. The van der Waals surface area contributed by atoms with Crippen LogP contribution in [0.25, 0.3) is 5.82 Å². The molecule has 0 N–H and O–H groups in total. The molecule has 0 fully saturated rings. The predicted octanol–water partition coefficient (Wildman–Crippen LogP) is 2.79. The lowest BCUT2D eigenvalue weighted by molar-refractivity contribution is 0.973. The summed E-state index contributed by atoms with van der Waals surface area (Å²) in [4.78, 5) is 3.94. The van der Waals surface area contributed by atoms with Gasteiger partial charge in [0.1, 0.15) is 5.82 Å². The fraction of sp³-hybridized carbons (Fsp3) is 0.182. The van der Waals surface area contributed by atoms with E-state index in [9.17, 15) is 0 Å². The first-order valence-electron chi connectivity index (χ1n) is 4.15. The van der Waals surface area contributed by atoms with Gasteiger partial charge < -0.3 is 4.57 Å². The topological polar surface area (TPSA) is 17.3 Å². The van der Waals surface area contributed by atoms with Crippen molar-refractivity contribution >= 4 is 12.5 Å². The molecule has 0 aliphatic carbocycles. The Morgan fingerprint density at radius 3 is 2.31 bits per heavy atom. The molecule has 0 spiro atoms. The van der Waals surface area contributed by atoms with Crippen LogP contribution >= 0.6 is 0 Å². The van der Waals surface area contributed by atoms with Crippen molar-refractivity contribution in [3.05, 3.63) is 42.3 Å². The fourth-order valence-corrected chi connectivity index (χ4v) is 1.33. The van der Waals surface area contributed by atoms with Crippen LogP contribution in [-0.2, 0) is 0 Å². The zero-order valence-corrected chi connectivity index (χ0v) is 8.12. The molecule has 0 amide bonds. The van der Waals surface area contributed by atoms with Gasteiger partial charge in [0.2, 0.25) is 0 Å². The van der Waals surface area contributed by atoms with Crippen LogP contribution in [0, 0.1) is 13.8 Å². The Bertz CT molecular complexity index is 337. The molecule has 2 heteroatoms. The summed E-state index contributed by atoms with van der Waals surface area (Å²) in [6.07, 6.45) is 3.55. The SMILES string of the molecule is C=C/C=C(\N=C)n1c(C)ccc1C. The molecule has 0 atom stereocenters. The quantitative estimate of drug-likeness (QED) is 0.495. The van der Waals surface area contributed by atoms with Crippen LogP contribution in [0.5, 0.6) is 0 Å². The van der Waals surface area contributed by atoms with Gasteiger partial charge in [-0.3, -0.25) is 0 Å². The third-order valence-electron chi connectivity index (χ3n) is 1.93. The number of hydrogen-bond donors (Lipinski definition) is 0. The Hall–Kier alpha value is -1.57. The molecule has 0 saturated heterocycles. The number of rotatable bonds is 3. The first-order chi connectivity index (χ1) is 6.20. The number of nitrogens with zero attached hydrogens (tertiary/aromatic N) is 2. The van der Waals surface area contributed by atoms with Gasteiger partial charge in [0, 0.05) is 11.4 Å². The van der Waals surface area contributed by atoms with E-state index in [2.05, 4.69) is 30.4 Å². The van der Waals surface area contributed by atoms with E-state index in [1.54, 1.807) is 6.08 Å². The fourth-order valence-electron chi connectivity index (χ4n) is 1.33. The van der Waals surface area contributed by atoms with Gasteiger partial charge in [-0.25, -0.2) is 4.99 Å². The minimum Gasteiger partial charge on any atom is -0.303 e. The lowest BCUT2D eigenvalue weighted by Crippen LogP contribution is -1.98. The van der Waals surface area contributed by atoms with Crippen molar-refractivity contribution in [3.8, 4) is 0 Å². The average molecular weight is 174 g/mol. The molecule has 1 aromatic heterocycles. The molecule has 1 rings (SSSR count). The second-order valence-electron chi connectivity index (χ2n) is 2.87. The van der Waals surface area contributed by atoms with Crippen molar-refractivity contribution in [1.82, 2.24) is 4.57 Å². The summed E-state index contributed by atoms with van der Waals surface area (Å²) in [5, 5.41) is 0. The number of aromatic nitrogens is 1. The maximum absolute atomic E-state index is 3.94. The van der Waals surface area contributed by atoms with Crippen LogP contribution in [0.2, 0.25) is 0 Å². The first-order valence-corrected chi connectivity index (χ1v) is 4.15. The van der Waals surface area contributed by atoms with Gasteiger partial charge in [-0.2, -0.15) is 0 Å². The van der Waals surface area contributed by atoms with Crippen LogP contribution in [0.3, 0.4) is 0 Å². The summed E-state index contributed by atoms with van der Waals surface area (Å²) < 4.78 is 2.04. The first kappa shape index (κ1) is 9.52. The molecule has 0 unspecified atom stereocenters. The van der Waals surface area contributed by atoms with Crippen molar-refractivity contribution < 1.29 is 0 Å². The van der Waals surface area contributed by atoms with Crippen molar-refractivity contribution in [2.24, 2.45) is 4.99 Å². The second kappa shape index (κ2) is 3.90. The molecule has 1 heterocycles. The number of hydrogen-bond acceptors (Lipinski definition) is 1. The molecule has 13 heavy (non-hydrogen) atoms. The number of aliphatic imine (C=N–C) groups is 1. The van der Waals surface area contributed by atoms with Gasteiger partial charge in [0.15, 0.2) is 0 Å². The summed E-state index contributed by atoms with van der Waals surface area (Å²) >= 11 is 0. The maximum Gasteiger partial charge on any atom is 0.136 e. The van der Waals surface area contributed by atoms with Gasteiger partial charge in [0.05, 0.1) is 0 Å². The molecule has 0 saturated carbocycles. The molecule has 0 aliphatic heterocycles. The van der Waals surface area contributed by atoms with E-state index >= 15 is 0 Å². The highest BCUT2D eigenvalue weighted by Gasteiger charge is 2.03. The molecule has 0 radical (unpaired) electrons. The minimum absolute atomic E-state index is 0.815. The van der Waals surface area contributed by atoms with Crippen LogP contribution in [0.1, 0.15) is 11.4 Å². The molecular formula is C11H14N2. The van der Waals surface area contributed by atoms with E-state index in [-0.39, 0.29) is 0 Å². The Morgan fingerprint density at radius 2 is 1.92 bits per heavy atom. The molecule has 1 aromatic rings. The second-order valence-corrected chi connectivity index (χ2v) is 2.87. The van der Waals surface area contributed by atoms with Crippen molar-refractivity contribution in [2.75, 3.05) is 0 Å². The van der Waals surface area contributed by atoms with E-state index in [1.165, 1.54) is 0 Å². The number of aryl methyl sites for hydroxylation is 2. The van der Waals surface area contributed by atoms with E-state index in [0.29, 0.717) is 0 Å². The van der Waals surface area contributed by atoms with Crippen LogP contribution < -0.4 is 0 Å². The predicted molar refractivity (Wildman–Crippen MR) is 57.9 cm³/mol. The number of allylic oxidation sites excluding steroid dienone is 2. The summed E-state index contributed by atoms with van der Waals surface area (Å²) in [6.45, 7) is 11.2. The van der Waals surface area contributed by atoms with Gasteiger partial charge in [-0.1, -0.05) is 12.7 Å². The molecular weight excluding hydrogens is 160 g/mol. The van der Waals surface area contributed by atoms with Crippen LogP contribution in [0.15, 0.2) is 35.9 Å². The minimum atomic E-state index is 0.815. The zero-order chi connectivity index (χ0) is 9.84. The van der Waals surface area contributed by atoms with E-state index in [1.807, 2.05) is 24.5 Å². The Kier molecular flexibility index (Phi) is 2.85. The van der Waals surface area contributed by atoms with E-state index in [4.69, 9.17) is 0 Å². The standard InChI is InChI=1S/C11H14N2/c1-5-6-11(12-4)13-9(2)7-8-10(13)3/h5-8H,1,4H2,2-3H3/b11-6+. The van der Waals surface area contributed by atoms with Gasteiger partial charge in [-0.15, -0.1) is 0 Å². The third-order valence-corrected chi connectivity index (χ3v) is 1.93. The van der Waals surface area contributed by atoms with Crippen molar-refractivity contribution in [2.45, 2.75) is 13.8 Å². The van der Waals surface area contributed by atoms with E-state index < -0.39 is 0 Å². The molecule has 68 valence electrons. The maximum atomic E-state index is 3.94. The smallest absolute Gasteiger partial charge is 0.136 e. The molecule has 2 nitrogen and oxygen atoms in total. The highest BCUT2D eigenvalue weighted by molar-refractivity contribution is 5.55. The molecule has 0 aliphatic rings. The lowest BCUT2D eigenvalue weighted by atomic mass is 10.4. The summed E-state index contributed by atoms with van der Waals surface area (Å²) in [5.41, 5.74) is 2.30. The Morgan fingerprint density at radius 1 is 1.38 bits per heavy atom. The summed E-state index contributed by atoms with van der Waals surface area (Å²) in [5.74, 6) is 0.815. The van der Waals surface area contributed by atoms with Gasteiger partial charge in [0.25, 0.3) is 0 Å².